The molecule has 1 aliphatic heterocycles. The summed E-state index contributed by atoms with van der Waals surface area (Å²) >= 11 is 8.30. The molecule has 144 valence electrons. The first-order valence-corrected chi connectivity index (χ1v) is 9.69. The number of carbonyl (C=O) groups is 1. The zero-order valence-electron chi connectivity index (χ0n) is 14.5. The molecule has 3 aromatic rings. The minimum atomic E-state index is -0.622. The second-order valence-corrected chi connectivity index (χ2v) is 7.62. The van der Waals surface area contributed by atoms with Gasteiger partial charge in [-0.2, -0.15) is 0 Å². The van der Waals surface area contributed by atoms with Crippen LogP contribution in [0, 0.1) is 13.7 Å². The quantitative estimate of drug-likeness (QED) is 0.150. The van der Waals surface area contributed by atoms with Crippen molar-refractivity contribution in [3.8, 4) is 11.3 Å². The first kappa shape index (κ1) is 19.3. The third-order valence-corrected chi connectivity index (χ3v) is 5.03. The number of carbonyl (C=O) groups excluding carboxylic acids is 1. The first-order valence-electron chi connectivity index (χ1n) is 8.23. The number of hydrogen-bond acceptors (Lipinski definition) is 6. The average Bonchev–Trinajstić information content (AvgIpc) is 3.31. The smallest absolute Gasteiger partial charge is 0.363 e. The number of nitro groups is 1. The van der Waals surface area contributed by atoms with E-state index in [1.807, 2.05) is 6.07 Å². The highest BCUT2D eigenvalue weighted by Crippen LogP contribution is 2.28. The molecule has 0 unspecified atom stereocenters. The Morgan fingerprint density at radius 1 is 1.14 bits per heavy atom. The minimum absolute atomic E-state index is 0.0400. The number of rotatable bonds is 4. The lowest BCUT2D eigenvalue weighted by Crippen LogP contribution is -2.06. The van der Waals surface area contributed by atoms with Crippen molar-refractivity contribution in [2.45, 2.75) is 0 Å². The second kappa shape index (κ2) is 7.80. The van der Waals surface area contributed by atoms with E-state index >= 15 is 0 Å². The number of furan rings is 1. The zero-order chi connectivity index (χ0) is 20.5. The molecule has 0 fully saturated rings. The molecule has 0 N–H and O–H groups in total. The Labute approximate surface area is 182 Å². The predicted octanol–water partition coefficient (Wildman–Crippen LogP) is 5.46. The topological polar surface area (TPSA) is 94.9 Å². The largest absolute Gasteiger partial charge is 0.457 e. The van der Waals surface area contributed by atoms with Gasteiger partial charge in [-0.05, 0) is 52.9 Å². The van der Waals surface area contributed by atoms with Crippen molar-refractivity contribution < 1.29 is 18.9 Å². The molecular formula is C20H10ClIN2O5. The van der Waals surface area contributed by atoms with E-state index in [0.717, 1.165) is 3.57 Å². The van der Waals surface area contributed by atoms with E-state index in [2.05, 4.69) is 27.6 Å². The molecule has 7 nitrogen and oxygen atoms in total. The van der Waals surface area contributed by atoms with Crippen molar-refractivity contribution in [2.75, 3.05) is 0 Å². The number of hydrogen-bond donors (Lipinski definition) is 0. The molecule has 2 aromatic carbocycles. The molecule has 0 aliphatic carbocycles. The fraction of sp³-hybridized carbons (Fsp3) is 0. The van der Waals surface area contributed by atoms with Gasteiger partial charge < -0.3 is 9.15 Å². The highest BCUT2D eigenvalue weighted by Gasteiger charge is 2.26. The number of benzene rings is 2. The third kappa shape index (κ3) is 4.08. The lowest BCUT2D eigenvalue weighted by molar-refractivity contribution is -0.384. The molecule has 0 bridgehead atoms. The summed E-state index contributed by atoms with van der Waals surface area (Å²) in [4.78, 5) is 26.9. The van der Waals surface area contributed by atoms with Crippen LogP contribution >= 0.6 is 34.2 Å². The summed E-state index contributed by atoms with van der Waals surface area (Å²) in [6, 6.07) is 14.7. The lowest BCUT2D eigenvalue weighted by atomic mass is 10.1. The first-order chi connectivity index (χ1) is 13.9. The fourth-order valence-electron chi connectivity index (χ4n) is 2.68. The summed E-state index contributed by atoms with van der Waals surface area (Å²) in [7, 11) is 0. The normalized spacial score (nSPS) is 14.8. The molecule has 0 saturated heterocycles. The van der Waals surface area contributed by atoms with Gasteiger partial charge in [0.25, 0.3) is 5.69 Å². The molecule has 1 aromatic heterocycles. The van der Waals surface area contributed by atoms with Crippen LogP contribution in [-0.2, 0) is 9.53 Å². The maximum absolute atomic E-state index is 12.2. The molecule has 0 saturated carbocycles. The van der Waals surface area contributed by atoms with Gasteiger partial charge in [-0.3, -0.25) is 10.1 Å². The van der Waals surface area contributed by atoms with Gasteiger partial charge in [0.2, 0.25) is 5.90 Å². The summed E-state index contributed by atoms with van der Waals surface area (Å²) in [5.41, 5.74) is 1.09. The average molecular weight is 521 g/mol. The van der Waals surface area contributed by atoms with Gasteiger partial charge in [-0.25, -0.2) is 9.79 Å². The Hall–Kier alpha value is -2.98. The zero-order valence-corrected chi connectivity index (χ0v) is 17.4. The van der Waals surface area contributed by atoms with Crippen LogP contribution in [0.15, 0.2) is 69.7 Å². The van der Waals surface area contributed by atoms with Crippen molar-refractivity contribution in [2.24, 2.45) is 4.99 Å². The monoisotopic (exact) mass is 520 g/mol. The van der Waals surface area contributed by atoms with Crippen LogP contribution in [0.4, 0.5) is 5.69 Å². The van der Waals surface area contributed by atoms with Crippen molar-refractivity contribution >= 4 is 57.8 Å². The maximum Gasteiger partial charge on any atom is 0.363 e. The fourth-order valence-corrected chi connectivity index (χ4v) is 3.37. The highest BCUT2D eigenvalue weighted by atomic mass is 127. The van der Waals surface area contributed by atoms with Gasteiger partial charge in [0, 0.05) is 27.3 Å². The van der Waals surface area contributed by atoms with Gasteiger partial charge in [-0.1, -0.05) is 23.7 Å². The molecular weight excluding hydrogens is 511 g/mol. The van der Waals surface area contributed by atoms with Crippen molar-refractivity contribution in [3.63, 3.8) is 0 Å². The molecule has 4 rings (SSSR count). The van der Waals surface area contributed by atoms with Gasteiger partial charge in [0.05, 0.1) is 15.5 Å². The molecule has 29 heavy (non-hydrogen) atoms. The van der Waals surface area contributed by atoms with Crippen LogP contribution in [-0.4, -0.2) is 16.8 Å². The molecule has 9 heteroatoms. The summed E-state index contributed by atoms with van der Waals surface area (Å²) in [6.07, 6.45) is 1.44. The summed E-state index contributed by atoms with van der Waals surface area (Å²) in [5, 5.41) is 11.4. The number of nitrogens with zero attached hydrogens (tertiary/aromatic N) is 2. The number of cyclic esters (lactones) is 1. The van der Waals surface area contributed by atoms with E-state index in [4.69, 9.17) is 20.8 Å². The van der Waals surface area contributed by atoms with Crippen molar-refractivity contribution in [3.05, 3.63) is 90.3 Å². The van der Waals surface area contributed by atoms with E-state index in [1.165, 1.54) is 18.2 Å². The van der Waals surface area contributed by atoms with Crippen molar-refractivity contribution in [1.29, 1.82) is 0 Å². The van der Waals surface area contributed by atoms with E-state index in [9.17, 15) is 14.9 Å². The SMILES string of the molecule is O=C1OC(c2cc(I)ccc2Cl)=N/C1=C\c1ccc(-c2cccc([N+](=O)[O-])c2)o1. The van der Waals surface area contributed by atoms with Gasteiger partial charge in [0.1, 0.15) is 11.5 Å². The number of nitro benzene ring substituents is 1. The Morgan fingerprint density at radius 2 is 1.97 bits per heavy atom. The van der Waals surface area contributed by atoms with Crippen LogP contribution in [0.1, 0.15) is 11.3 Å². The van der Waals surface area contributed by atoms with Gasteiger partial charge in [0.15, 0.2) is 5.70 Å². The molecule has 0 radical (unpaired) electrons. The Morgan fingerprint density at radius 3 is 2.76 bits per heavy atom. The van der Waals surface area contributed by atoms with E-state index in [1.54, 1.807) is 36.4 Å². The number of aliphatic imine (C=N–C) groups is 1. The number of halogens is 2. The minimum Gasteiger partial charge on any atom is -0.457 e. The molecule has 0 spiro atoms. The number of esters is 1. The molecule has 2 heterocycles. The lowest BCUT2D eigenvalue weighted by Gasteiger charge is -2.02. The number of non-ortho nitro benzene ring substituents is 1. The highest BCUT2D eigenvalue weighted by molar-refractivity contribution is 14.1. The van der Waals surface area contributed by atoms with E-state index < -0.39 is 10.9 Å². The van der Waals surface area contributed by atoms with Crippen LogP contribution < -0.4 is 0 Å². The third-order valence-electron chi connectivity index (χ3n) is 4.03. The van der Waals surface area contributed by atoms with Gasteiger partial charge >= 0.3 is 5.97 Å². The van der Waals surface area contributed by atoms with E-state index in [0.29, 0.717) is 27.7 Å². The number of ether oxygens (including phenoxy) is 1. The Balaban J connectivity index is 1.64. The Kier molecular flexibility index (Phi) is 5.20. The van der Waals surface area contributed by atoms with Gasteiger partial charge in [-0.15, -0.1) is 0 Å². The van der Waals surface area contributed by atoms with Crippen LogP contribution in [0.3, 0.4) is 0 Å². The molecule has 0 atom stereocenters. The molecule has 1 aliphatic rings. The second-order valence-electron chi connectivity index (χ2n) is 5.97. The maximum atomic E-state index is 12.2. The molecule has 0 amide bonds. The Bertz CT molecular complexity index is 1220. The predicted molar refractivity (Wildman–Crippen MR) is 116 cm³/mol. The van der Waals surface area contributed by atoms with E-state index in [-0.39, 0.29) is 17.3 Å². The van der Waals surface area contributed by atoms with Crippen molar-refractivity contribution in [1.82, 2.24) is 0 Å². The summed E-state index contributed by atoms with van der Waals surface area (Å²) < 4.78 is 11.9. The van der Waals surface area contributed by atoms with Crippen LogP contribution in [0.2, 0.25) is 5.02 Å². The standard InChI is InChI=1S/C20H10ClIN2O5/c21-16-6-4-12(22)9-15(16)19-23-17(20(25)29-19)10-14-5-7-18(28-14)11-2-1-3-13(8-11)24(26)27/h1-10H/b17-10-. The summed E-state index contributed by atoms with van der Waals surface area (Å²) in [6.45, 7) is 0. The summed E-state index contributed by atoms with van der Waals surface area (Å²) in [5.74, 6) is 0.285. The van der Waals surface area contributed by atoms with Crippen LogP contribution in [0.5, 0.6) is 0 Å². The van der Waals surface area contributed by atoms with Crippen LogP contribution in [0.25, 0.3) is 17.4 Å².